The highest BCUT2D eigenvalue weighted by molar-refractivity contribution is 5.97. The lowest BCUT2D eigenvalue weighted by molar-refractivity contribution is 0.144. The molecule has 0 spiro atoms. The molecule has 0 amide bonds. The van der Waals surface area contributed by atoms with E-state index >= 15 is 0 Å². The second kappa shape index (κ2) is 9.74. The highest BCUT2D eigenvalue weighted by atomic mass is 16.7. The number of hydrogen-bond acceptors (Lipinski definition) is 6. The van der Waals surface area contributed by atoms with Crippen LogP contribution in [0.3, 0.4) is 0 Å². The Bertz CT molecular complexity index is 1740. The number of ether oxygens (including phenoxy) is 1. The second-order valence-electron chi connectivity index (χ2n) is 9.07. The molecule has 38 heavy (non-hydrogen) atoms. The van der Waals surface area contributed by atoms with Crippen molar-refractivity contribution in [2.24, 2.45) is 10.2 Å². The molecule has 0 bridgehead atoms. The van der Waals surface area contributed by atoms with Crippen LogP contribution in [0.15, 0.2) is 89.1 Å². The van der Waals surface area contributed by atoms with E-state index in [4.69, 9.17) is 9.84 Å². The smallest absolute Gasteiger partial charge is 0.505 e. The van der Waals surface area contributed by atoms with Gasteiger partial charge in [0, 0.05) is 16.6 Å². The molecular formula is C30H25N3O5. The lowest BCUT2D eigenvalue weighted by atomic mass is 10.0. The van der Waals surface area contributed by atoms with Crippen LogP contribution >= 0.6 is 0 Å². The minimum atomic E-state index is -1.43. The van der Waals surface area contributed by atoms with Gasteiger partial charge in [0.05, 0.1) is 5.52 Å². The summed E-state index contributed by atoms with van der Waals surface area (Å²) in [5, 5.41) is 40.5. The number of carbonyl (C=O) groups is 1. The van der Waals surface area contributed by atoms with Crippen molar-refractivity contribution in [2.75, 3.05) is 0 Å². The standard InChI is InChI=1S/C30H25N3O5/c1-17-10-13-24-26(14-17)33(21-12-11-18(2)19(3)15-21)29(35)27(24)32-31-25-9-5-8-23(28(25)34)20-6-4-7-22(16-20)38-30(36)37/h4-16,34-35H,1-3H3,(H,36,37). The van der Waals surface area contributed by atoms with Gasteiger partial charge in [-0.05, 0) is 79.4 Å². The fourth-order valence-corrected chi connectivity index (χ4v) is 4.37. The zero-order valence-electron chi connectivity index (χ0n) is 21.0. The maximum atomic E-state index is 11.3. The monoisotopic (exact) mass is 507 g/mol. The van der Waals surface area contributed by atoms with Crippen molar-refractivity contribution in [3.8, 4) is 34.2 Å². The van der Waals surface area contributed by atoms with Crippen molar-refractivity contribution in [3.05, 3.63) is 95.6 Å². The van der Waals surface area contributed by atoms with Crippen molar-refractivity contribution in [1.82, 2.24) is 4.57 Å². The van der Waals surface area contributed by atoms with Crippen LogP contribution in [0, 0.1) is 20.8 Å². The average molecular weight is 508 g/mol. The fourth-order valence-electron chi connectivity index (χ4n) is 4.37. The largest absolute Gasteiger partial charge is 0.511 e. The molecule has 0 atom stereocenters. The Labute approximate surface area is 218 Å². The summed E-state index contributed by atoms with van der Waals surface area (Å²) in [4.78, 5) is 10.9. The van der Waals surface area contributed by atoms with Crippen molar-refractivity contribution in [1.29, 1.82) is 0 Å². The summed E-state index contributed by atoms with van der Waals surface area (Å²) in [6.07, 6.45) is -1.43. The van der Waals surface area contributed by atoms with Gasteiger partial charge in [-0.25, -0.2) is 4.79 Å². The first-order valence-electron chi connectivity index (χ1n) is 11.9. The molecule has 5 rings (SSSR count). The molecule has 0 fully saturated rings. The summed E-state index contributed by atoms with van der Waals surface area (Å²) in [5.74, 6) is -0.0791. The quantitative estimate of drug-likeness (QED) is 0.126. The molecule has 8 nitrogen and oxygen atoms in total. The third kappa shape index (κ3) is 4.55. The van der Waals surface area contributed by atoms with Gasteiger partial charge in [0.25, 0.3) is 0 Å². The molecule has 3 N–H and O–H groups in total. The third-order valence-corrected chi connectivity index (χ3v) is 6.44. The van der Waals surface area contributed by atoms with Gasteiger partial charge in [0.1, 0.15) is 11.4 Å². The van der Waals surface area contributed by atoms with E-state index in [0.29, 0.717) is 16.5 Å². The van der Waals surface area contributed by atoms with Crippen LogP contribution in [-0.4, -0.2) is 26.0 Å². The molecular weight excluding hydrogens is 482 g/mol. The Morgan fingerprint density at radius 3 is 2.39 bits per heavy atom. The van der Waals surface area contributed by atoms with E-state index in [-0.39, 0.29) is 28.8 Å². The molecule has 0 aliphatic heterocycles. The number of hydrogen-bond donors (Lipinski definition) is 3. The first kappa shape index (κ1) is 24.6. The van der Waals surface area contributed by atoms with Gasteiger partial charge in [0.2, 0.25) is 5.88 Å². The normalized spacial score (nSPS) is 11.3. The molecule has 4 aromatic carbocycles. The molecule has 0 unspecified atom stereocenters. The van der Waals surface area contributed by atoms with Gasteiger partial charge in [-0.2, -0.15) is 0 Å². The van der Waals surface area contributed by atoms with Gasteiger partial charge >= 0.3 is 6.16 Å². The maximum Gasteiger partial charge on any atom is 0.511 e. The summed E-state index contributed by atoms with van der Waals surface area (Å²) in [6.45, 7) is 6.04. The Kier molecular flexibility index (Phi) is 6.30. The third-order valence-electron chi connectivity index (χ3n) is 6.44. The SMILES string of the molecule is Cc1ccc2c(N=Nc3cccc(-c4cccc(OC(=O)O)c4)c3O)c(O)n(-c3ccc(C)c(C)c3)c2c1. The van der Waals surface area contributed by atoms with Crippen LogP contribution in [0.25, 0.3) is 27.7 Å². The minimum absolute atomic E-state index is 0.0632. The number of aromatic nitrogens is 1. The van der Waals surface area contributed by atoms with Gasteiger partial charge in [0.15, 0.2) is 11.4 Å². The van der Waals surface area contributed by atoms with E-state index < -0.39 is 6.16 Å². The molecule has 1 heterocycles. The zero-order chi connectivity index (χ0) is 27.0. The van der Waals surface area contributed by atoms with Crippen LogP contribution in [0.2, 0.25) is 0 Å². The minimum Gasteiger partial charge on any atom is -0.505 e. The maximum absolute atomic E-state index is 11.3. The topological polar surface area (TPSA) is 117 Å². The van der Waals surface area contributed by atoms with Crippen molar-refractivity contribution < 1.29 is 24.9 Å². The number of aryl methyl sites for hydroxylation is 3. The molecule has 0 aliphatic rings. The van der Waals surface area contributed by atoms with Gasteiger partial charge in [-0.1, -0.05) is 42.5 Å². The van der Waals surface area contributed by atoms with Crippen molar-refractivity contribution in [2.45, 2.75) is 20.8 Å². The first-order chi connectivity index (χ1) is 18.2. The lowest BCUT2D eigenvalue weighted by Gasteiger charge is -2.10. The van der Waals surface area contributed by atoms with Crippen LogP contribution in [0.4, 0.5) is 16.2 Å². The van der Waals surface area contributed by atoms with Gasteiger partial charge < -0.3 is 20.1 Å². The molecule has 1 aromatic heterocycles. The number of para-hydroxylation sites is 1. The van der Waals surface area contributed by atoms with Crippen LogP contribution in [-0.2, 0) is 0 Å². The summed E-state index contributed by atoms with van der Waals surface area (Å²) in [7, 11) is 0. The fraction of sp³-hybridized carbons (Fsp3) is 0.100. The molecule has 0 saturated carbocycles. The summed E-state index contributed by atoms with van der Waals surface area (Å²) >= 11 is 0. The molecule has 0 aliphatic carbocycles. The van der Waals surface area contributed by atoms with E-state index in [0.717, 1.165) is 27.9 Å². The Hall–Kier alpha value is -5.11. The van der Waals surface area contributed by atoms with Crippen LogP contribution in [0.5, 0.6) is 17.4 Å². The Morgan fingerprint density at radius 2 is 1.63 bits per heavy atom. The highest BCUT2D eigenvalue weighted by Crippen LogP contribution is 2.44. The van der Waals surface area contributed by atoms with Gasteiger partial charge in [-0.3, -0.25) is 4.57 Å². The Morgan fingerprint density at radius 1 is 0.842 bits per heavy atom. The average Bonchev–Trinajstić information content (AvgIpc) is 3.15. The lowest BCUT2D eigenvalue weighted by Crippen LogP contribution is -2.02. The van der Waals surface area contributed by atoms with Crippen molar-refractivity contribution >= 4 is 28.4 Å². The highest BCUT2D eigenvalue weighted by Gasteiger charge is 2.19. The zero-order valence-corrected chi connectivity index (χ0v) is 21.0. The first-order valence-corrected chi connectivity index (χ1v) is 11.9. The number of benzene rings is 4. The van der Waals surface area contributed by atoms with Crippen LogP contribution in [0.1, 0.15) is 16.7 Å². The molecule has 0 radical (unpaired) electrons. The summed E-state index contributed by atoms with van der Waals surface area (Å²) in [5.41, 5.74) is 6.30. The number of phenols is 1. The molecule has 8 heteroatoms. The number of nitrogens with zero attached hydrogens (tertiary/aromatic N) is 3. The summed E-state index contributed by atoms with van der Waals surface area (Å²) < 4.78 is 6.47. The Balaban J connectivity index is 1.59. The number of phenolic OH excluding ortho intramolecular Hbond substituents is 1. The molecule has 0 saturated heterocycles. The molecule has 190 valence electrons. The van der Waals surface area contributed by atoms with E-state index in [1.165, 1.54) is 12.1 Å². The number of azo groups is 1. The van der Waals surface area contributed by atoms with Crippen molar-refractivity contribution in [3.63, 3.8) is 0 Å². The number of aromatic hydroxyl groups is 2. The van der Waals surface area contributed by atoms with E-state index in [2.05, 4.69) is 10.2 Å². The van der Waals surface area contributed by atoms with E-state index in [9.17, 15) is 15.0 Å². The number of rotatable bonds is 5. The van der Waals surface area contributed by atoms with Gasteiger partial charge in [-0.15, -0.1) is 10.2 Å². The van der Waals surface area contributed by atoms with E-state index in [1.54, 1.807) is 34.9 Å². The van der Waals surface area contributed by atoms with Crippen LogP contribution < -0.4 is 4.74 Å². The second-order valence-corrected chi connectivity index (χ2v) is 9.07. The van der Waals surface area contributed by atoms with E-state index in [1.807, 2.05) is 57.2 Å². The number of carboxylic acid groups (broad SMARTS) is 1. The summed E-state index contributed by atoms with van der Waals surface area (Å²) in [6, 6.07) is 23.1. The predicted octanol–water partition coefficient (Wildman–Crippen LogP) is 8.11. The number of fused-ring (bicyclic) bond motifs is 1. The molecule has 5 aromatic rings. The predicted molar refractivity (Wildman–Crippen MR) is 146 cm³/mol.